The van der Waals surface area contributed by atoms with Crippen LogP contribution in [-0.4, -0.2) is 38.1 Å². The van der Waals surface area contributed by atoms with Crippen molar-refractivity contribution in [3.05, 3.63) is 76.6 Å². The van der Waals surface area contributed by atoms with Crippen LogP contribution in [0, 0.1) is 39.5 Å². The molecule has 1 fully saturated rings. The zero-order valence-corrected chi connectivity index (χ0v) is 22.8. The number of nitrogens with one attached hydrogen (secondary N) is 2. The Labute approximate surface area is 223 Å². The van der Waals surface area contributed by atoms with Gasteiger partial charge in [-0.1, -0.05) is 36.4 Å². The number of Topliss-reactive ketones (excluding diaryl/α,β-unsaturated/α-hetero) is 1. The highest BCUT2D eigenvalue weighted by Crippen LogP contribution is 2.48. The van der Waals surface area contributed by atoms with Crippen LogP contribution in [0.3, 0.4) is 0 Å². The molecule has 4 atom stereocenters. The number of rotatable bonds is 6. The number of aliphatic hydroxyl groups is 1. The van der Waals surface area contributed by atoms with Gasteiger partial charge >= 0.3 is 0 Å². The second-order valence-corrected chi connectivity index (χ2v) is 10.5. The maximum Gasteiger partial charge on any atom is 0.235 e. The number of amides is 2. The Hall–Kier alpha value is -3.78. The van der Waals surface area contributed by atoms with Crippen LogP contribution >= 0.6 is 0 Å². The number of hydrogen-bond acceptors (Lipinski definition) is 5. The largest absolute Gasteiger partial charge is 0.389 e. The summed E-state index contributed by atoms with van der Waals surface area (Å²) >= 11 is 0. The predicted octanol–water partition coefficient (Wildman–Crippen LogP) is 4.45. The fourth-order valence-electron chi connectivity index (χ4n) is 5.79. The molecule has 2 aromatic carbocycles. The third kappa shape index (κ3) is 5.00. The highest BCUT2D eigenvalue weighted by Gasteiger charge is 2.57. The lowest BCUT2D eigenvalue weighted by Gasteiger charge is -2.44. The molecule has 3 aromatic rings. The van der Waals surface area contributed by atoms with Crippen molar-refractivity contribution >= 4 is 29.0 Å². The number of benzene rings is 2. The first kappa shape index (κ1) is 27.3. The first-order valence-electron chi connectivity index (χ1n) is 13.0. The van der Waals surface area contributed by atoms with Gasteiger partial charge in [-0.2, -0.15) is 5.10 Å². The van der Waals surface area contributed by atoms with Gasteiger partial charge < -0.3 is 15.7 Å². The highest BCUT2D eigenvalue weighted by molar-refractivity contribution is 6.10. The Morgan fingerprint density at radius 1 is 0.974 bits per heavy atom. The van der Waals surface area contributed by atoms with Crippen molar-refractivity contribution in [2.75, 3.05) is 10.6 Å². The molecule has 1 heterocycles. The standard InChI is InChI=1S/C30H36N4O4/c1-7-34-20(5)24(19(4)33-34)26-25(28(36)31-21-14-10-8-12-17(21)2)23(35)16-30(6,38)27(26)29(37)32-22-15-11-9-13-18(22)3/h8-15,25-27,38H,7,16H2,1-6H3,(H,31,36)(H,32,37)/t25-,26-,27-,30+/m1/s1. The molecule has 8 nitrogen and oxygen atoms in total. The second kappa shape index (κ2) is 10.5. The highest BCUT2D eigenvalue weighted by atomic mass is 16.3. The van der Waals surface area contributed by atoms with E-state index >= 15 is 0 Å². The lowest BCUT2D eigenvalue weighted by Crippen LogP contribution is -2.56. The lowest BCUT2D eigenvalue weighted by molar-refractivity contribution is -0.150. The number of para-hydroxylation sites is 2. The molecule has 0 spiro atoms. The van der Waals surface area contributed by atoms with E-state index in [0.717, 1.165) is 16.8 Å². The molecule has 3 N–H and O–H groups in total. The molecule has 0 aliphatic heterocycles. The van der Waals surface area contributed by atoms with E-state index in [9.17, 15) is 19.5 Å². The van der Waals surface area contributed by atoms with E-state index < -0.39 is 41.0 Å². The van der Waals surface area contributed by atoms with Crippen LogP contribution in [0.25, 0.3) is 0 Å². The van der Waals surface area contributed by atoms with E-state index in [-0.39, 0.29) is 6.42 Å². The molecule has 0 saturated heterocycles. The van der Waals surface area contributed by atoms with E-state index in [4.69, 9.17) is 0 Å². The minimum Gasteiger partial charge on any atom is -0.389 e. The average molecular weight is 517 g/mol. The Kier molecular flexibility index (Phi) is 7.56. The molecule has 0 unspecified atom stereocenters. The second-order valence-electron chi connectivity index (χ2n) is 10.5. The van der Waals surface area contributed by atoms with Crippen LogP contribution in [0.1, 0.15) is 54.3 Å². The number of nitrogens with zero attached hydrogens (tertiary/aromatic N) is 2. The van der Waals surface area contributed by atoms with Gasteiger partial charge in [-0.3, -0.25) is 19.1 Å². The lowest BCUT2D eigenvalue weighted by atomic mass is 9.60. The summed E-state index contributed by atoms with van der Waals surface area (Å²) < 4.78 is 1.80. The molecule has 1 aromatic heterocycles. The van der Waals surface area contributed by atoms with E-state index in [1.165, 1.54) is 6.92 Å². The molecular formula is C30H36N4O4. The van der Waals surface area contributed by atoms with Gasteiger partial charge in [-0.05, 0) is 64.8 Å². The number of ketones is 1. The molecular weight excluding hydrogens is 480 g/mol. The van der Waals surface area contributed by atoms with Crippen molar-refractivity contribution in [1.82, 2.24) is 9.78 Å². The summed E-state index contributed by atoms with van der Waals surface area (Å²) in [5, 5.41) is 22.1. The topological polar surface area (TPSA) is 113 Å². The van der Waals surface area contributed by atoms with Crippen LogP contribution in [0.15, 0.2) is 48.5 Å². The fraction of sp³-hybridized carbons (Fsp3) is 0.400. The van der Waals surface area contributed by atoms with Crippen molar-refractivity contribution < 1.29 is 19.5 Å². The molecule has 0 radical (unpaired) electrons. The molecule has 4 rings (SSSR count). The minimum atomic E-state index is -1.68. The van der Waals surface area contributed by atoms with Crippen LogP contribution < -0.4 is 10.6 Å². The maximum absolute atomic E-state index is 14.0. The minimum absolute atomic E-state index is 0.318. The zero-order valence-electron chi connectivity index (χ0n) is 22.8. The Bertz CT molecular complexity index is 1390. The number of aromatic nitrogens is 2. The van der Waals surface area contributed by atoms with Crippen molar-refractivity contribution in [3.8, 4) is 0 Å². The summed E-state index contributed by atoms with van der Waals surface area (Å²) in [4.78, 5) is 41.4. The van der Waals surface area contributed by atoms with E-state index in [1.54, 1.807) is 16.8 Å². The molecule has 200 valence electrons. The van der Waals surface area contributed by atoms with E-state index in [0.29, 0.717) is 29.2 Å². The van der Waals surface area contributed by atoms with Crippen molar-refractivity contribution in [2.24, 2.45) is 11.8 Å². The first-order valence-corrected chi connectivity index (χ1v) is 13.0. The van der Waals surface area contributed by atoms with E-state index in [1.807, 2.05) is 71.0 Å². The number of carbonyl (C=O) groups excluding carboxylic acids is 3. The Morgan fingerprint density at radius 2 is 1.50 bits per heavy atom. The molecule has 1 saturated carbocycles. The van der Waals surface area contributed by atoms with Crippen LogP contribution in [0.4, 0.5) is 11.4 Å². The molecule has 0 bridgehead atoms. The molecule has 8 heteroatoms. The summed E-state index contributed by atoms with van der Waals surface area (Å²) in [6.07, 6.45) is -0.318. The third-order valence-corrected chi connectivity index (χ3v) is 7.71. The monoisotopic (exact) mass is 516 g/mol. The number of hydrogen-bond donors (Lipinski definition) is 3. The van der Waals surface area contributed by atoms with Crippen molar-refractivity contribution in [2.45, 2.75) is 66.0 Å². The SMILES string of the molecule is CCn1nc(C)c([C@@H]2[C@H](C(=O)Nc3ccccc3C)C(=O)C[C@](C)(O)[C@H]2C(=O)Nc2ccccc2C)c1C. The van der Waals surface area contributed by atoms with Crippen molar-refractivity contribution in [3.63, 3.8) is 0 Å². The zero-order chi connectivity index (χ0) is 27.8. The van der Waals surface area contributed by atoms with Gasteiger partial charge in [0.05, 0.1) is 17.2 Å². The van der Waals surface area contributed by atoms with Gasteiger partial charge in [-0.15, -0.1) is 0 Å². The molecule has 38 heavy (non-hydrogen) atoms. The normalized spacial score (nSPS) is 23.2. The van der Waals surface area contributed by atoms with Crippen molar-refractivity contribution in [1.29, 1.82) is 0 Å². The average Bonchev–Trinajstić information content (AvgIpc) is 3.13. The Balaban J connectivity index is 1.85. The number of aryl methyl sites for hydroxylation is 4. The van der Waals surface area contributed by atoms with Gasteiger partial charge in [0.15, 0.2) is 0 Å². The van der Waals surface area contributed by atoms with Gasteiger partial charge in [-0.25, -0.2) is 0 Å². The number of anilines is 2. The quantitative estimate of drug-likeness (QED) is 0.419. The maximum atomic E-state index is 14.0. The van der Waals surface area contributed by atoms with Gasteiger partial charge in [0, 0.05) is 41.5 Å². The molecule has 2 amide bonds. The first-order chi connectivity index (χ1) is 18.0. The predicted molar refractivity (Wildman–Crippen MR) is 147 cm³/mol. The summed E-state index contributed by atoms with van der Waals surface area (Å²) in [7, 11) is 0. The van der Waals surface area contributed by atoms with Crippen LogP contribution in [0.5, 0.6) is 0 Å². The number of carbonyl (C=O) groups is 3. The molecule has 1 aliphatic carbocycles. The summed E-state index contributed by atoms with van der Waals surface area (Å²) in [5.74, 6) is -4.54. The third-order valence-electron chi connectivity index (χ3n) is 7.71. The summed E-state index contributed by atoms with van der Waals surface area (Å²) in [5.41, 5.74) is 3.29. The summed E-state index contributed by atoms with van der Waals surface area (Å²) in [6, 6.07) is 14.7. The van der Waals surface area contributed by atoms with Gasteiger partial charge in [0.2, 0.25) is 11.8 Å². The van der Waals surface area contributed by atoms with Gasteiger partial charge in [0.1, 0.15) is 11.7 Å². The Morgan fingerprint density at radius 3 is 2.00 bits per heavy atom. The fourth-order valence-corrected chi connectivity index (χ4v) is 5.79. The van der Waals surface area contributed by atoms with Crippen LogP contribution in [0.2, 0.25) is 0 Å². The van der Waals surface area contributed by atoms with Gasteiger partial charge in [0.25, 0.3) is 0 Å². The smallest absolute Gasteiger partial charge is 0.235 e. The van der Waals surface area contributed by atoms with Crippen LogP contribution in [-0.2, 0) is 20.9 Å². The molecule has 1 aliphatic rings. The summed E-state index contributed by atoms with van der Waals surface area (Å²) in [6.45, 7) is 11.5. The van der Waals surface area contributed by atoms with E-state index in [2.05, 4.69) is 15.7 Å².